The predicted octanol–water partition coefficient (Wildman–Crippen LogP) is 1.10. The van der Waals surface area contributed by atoms with Crippen molar-refractivity contribution in [2.24, 2.45) is 0 Å². The van der Waals surface area contributed by atoms with E-state index in [0.717, 1.165) is 17.5 Å². The van der Waals surface area contributed by atoms with E-state index in [1.165, 1.54) is 25.7 Å². The molecule has 1 N–H and O–H groups in total. The van der Waals surface area contributed by atoms with E-state index in [9.17, 15) is 0 Å². The molecule has 0 aromatic carbocycles. The number of tetrazole rings is 1. The standard InChI is InChI=1S/C9H17N5S/c1-10-6-7-15-9-11-12-13-14(9)8-4-2-3-5-8/h8,10H,2-7H2,1H3. The molecule has 2 rings (SSSR count). The molecule has 0 saturated heterocycles. The van der Waals surface area contributed by atoms with Crippen LogP contribution in [-0.4, -0.2) is 39.6 Å². The minimum Gasteiger partial charge on any atom is -0.319 e. The molecule has 0 aliphatic heterocycles. The van der Waals surface area contributed by atoms with Crippen LogP contribution in [0.2, 0.25) is 0 Å². The van der Waals surface area contributed by atoms with Crippen molar-refractivity contribution in [3.05, 3.63) is 0 Å². The Labute approximate surface area is 94.0 Å². The normalized spacial score (nSPS) is 17.4. The number of nitrogens with one attached hydrogen (secondary N) is 1. The second-order valence-electron chi connectivity index (χ2n) is 3.80. The Kier molecular flexibility index (Phi) is 3.96. The van der Waals surface area contributed by atoms with Crippen LogP contribution >= 0.6 is 11.8 Å². The zero-order valence-corrected chi connectivity index (χ0v) is 9.83. The van der Waals surface area contributed by atoms with Crippen LogP contribution in [0.25, 0.3) is 0 Å². The molecule has 1 fully saturated rings. The van der Waals surface area contributed by atoms with Gasteiger partial charge in [0.25, 0.3) is 0 Å². The zero-order chi connectivity index (χ0) is 10.5. The first kappa shape index (κ1) is 10.9. The van der Waals surface area contributed by atoms with Crippen LogP contribution in [0.15, 0.2) is 5.16 Å². The number of thioether (sulfide) groups is 1. The van der Waals surface area contributed by atoms with Crippen LogP contribution < -0.4 is 5.32 Å². The molecule has 0 amide bonds. The Bertz CT molecular complexity index is 294. The monoisotopic (exact) mass is 227 g/mol. The Hall–Kier alpha value is -0.620. The van der Waals surface area contributed by atoms with Crippen molar-refractivity contribution in [3.63, 3.8) is 0 Å². The molecule has 1 heterocycles. The lowest BCUT2D eigenvalue weighted by atomic mass is 10.3. The van der Waals surface area contributed by atoms with Gasteiger partial charge in [-0.15, -0.1) is 5.10 Å². The van der Waals surface area contributed by atoms with Gasteiger partial charge in [0.05, 0.1) is 6.04 Å². The van der Waals surface area contributed by atoms with Crippen molar-refractivity contribution < 1.29 is 0 Å². The van der Waals surface area contributed by atoms with Crippen molar-refractivity contribution in [1.82, 2.24) is 25.5 Å². The molecule has 1 aromatic heterocycles. The fourth-order valence-corrected chi connectivity index (χ4v) is 2.80. The Balaban J connectivity index is 1.95. The maximum Gasteiger partial charge on any atom is 0.209 e. The number of aromatic nitrogens is 4. The summed E-state index contributed by atoms with van der Waals surface area (Å²) in [6, 6.07) is 0.539. The summed E-state index contributed by atoms with van der Waals surface area (Å²) in [6.45, 7) is 0.988. The molecule has 1 aromatic rings. The van der Waals surface area contributed by atoms with Crippen LogP contribution in [0, 0.1) is 0 Å². The number of nitrogens with zero attached hydrogens (tertiary/aromatic N) is 4. The minimum atomic E-state index is 0.539. The van der Waals surface area contributed by atoms with Gasteiger partial charge in [0.15, 0.2) is 0 Å². The van der Waals surface area contributed by atoms with E-state index in [-0.39, 0.29) is 0 Å². The summed E-state index contributed by atoms with van der Waals surface area (Å²) in [7, 11) is 1.96. The number of hydrogen-bond acceptors (Lipinski definition) is 5. The first-order chi connectivity index (χ1) is 7.42. The smallest absolute Gasteiger partial charge is 0.209 e. The van der Waals surface area contributed by atoms with Gasteiger partial charge in [-0.3, -0.25) is 0 Å². The Morgan fingerprint density at radius 3 is 3.00 bits per heavy atom. The average molecular weight is 227 g/mol. The molecule has 6 heteroatoms. The molecular formula is C9H17N5S. The topological polar surface area (TPSA) is 55.6 Å². The second-order valence-corrected chi connectivity index (χ2v) is 4.86. The molecule has 0 bridgehead atoms. The number of rotatable bonds is 5. The van der Waals surface area contributed by atoms with Gasteiger partial charge in [-0.1, -0.05) is 24.6 Å². The highest BCUT2D eigenvalue weighted by Crippen LogP contribution is 2.31. The zero-order valence-electron chi connectivity index (χ0n) is 9.02. The van der Waals surface area contributed by atoms with E-state index in [2.05, 4.69) is 20.8 Å². The summed E-state index contributed by atoms with van der Waals surface area (Å²) in [5, 5.41) is 16.0. The number of hydrogen-bond donors (Lipinski definition) is 1. The van der Waals surface area contributed by atoms with E-state index in [1.54, 1.807) is 11.8 Å². The van der Waals surface area contributed by atoms with Crippen LogP contribution in [0.3, 0.4) is 0 Å². The van der Waals surface area contributed by atoms with Gasteiger partial charge in [0, 0.05) is 12.3 Å². The third-order valence-corrected chi connectivity index (χ3v) is 3.65. The summed E-state index contributed by atoms with van der Waals surface area (Å²) in [6.07, 6.45) is 5.07. The van der Waals surface area contributed by atoms with Gasteiger partial charge in [-0.25, -0.2) is 4.68 Å². The second kappa shape index (κ2) is 5.46. The summed E-state index contributed by atoms with van der Waals surface area (Å²) < 4.78 is 2.01. The van der Waals surface area contributed by atoms with Gasteiger partial charge in [-0.2, -0.15) is 0 Å². The van der Waals surface area contributed by atoms with Crippen LogP contribution in [0.1, 0.15) is 31.7 Å². The Morgan fingerprint density at radius 1 is 1.47 bits per heavy atom. The molecule has 0 spiro atoms. The molecule has 5 nitrogen and oxygen atoms in total. The van der Waals surface area contributed by atoms with E-state index in [1.807, 2.05) is 11.7 Å². The maximum absolute atomic E-state index is 4.09. The lowest BCUT2D eigenvalue weighted by Gasteiger charge is -2.10. The fraction of sp³-hybridized carbons (Fsp3) is 0.889. The minimum absolute atomic E-state index is 0.539. The van der Waals surface area contributed by atoms with E-state index in [4.69, 9.17) is 0 Å². The summed E-state index contributed by atoms with van der Waals surface area (Å²) in [5.74, 6) is 1.02. The summed E-state index contributed by atoms with van der Waals surface area (Å²) >= 11 is 1.73. The lowest BCUT2D eigenvalue weighted by molar-refractivity contribution is 0.423. The predicted molar refractivity (Wildman–Crippen MR) is 60.0 cm³/mol. The highest BCUT2D eigenvalue weighted by Gasteiger charge is 2.21. The molecule has 1 saturated carbocycles. The first-order valence-electron chi connectivity index (χ1n) is 5.47. The molecule has 0 atom stereocenters. The van der Waals surface area contributed by atoms with Gasteiger partial charge < -0.3 is 5.32 Å². The van der Waals surface area contributed by atoms with Crippen molar-refractivity contribution >= 4 is 11.8 Å². The molecule has 0 unspecified atom stereocenters. The van der Waals surface area contributed by atoms with E-state index in [0.29, 0.717) is 6.04 Å². The van der Waals surface area contributed by atoms with E-state index < -0.39 is 0 Å². The molecule has 1 aliphatic carbocycles. The van der Waals surface area contributed by atoms with Crippen LogP contribution in [-0.2, 0) is 0 Å². The fourth-order valence-electron chi connectivity index (χ4n) is 1.90. The lowest BCUT2D eigenvalue weighted by Crippen LogP contribution is -2.12. The average Bonchev–Trinajstić information content (AvgIpc) is 2.87. The first-order valence-corrected chi connectivity index (χ1v) is 6.45. The van der Waals surface area contributed by atoms with Crippen LogP contribution in [0.4, 0.5) is 0 Å². The third-order valence-electron chi connectivity index (χ3n) is 2.72. The SMILES string of the molecule is CNCCSc1nnnn1C1CCCC1. The van der Waals surface area contributed by atoms with Crippen molar-refractivity contribution in [1.29, 1.82) is 0 Å². The maximum atomic E-state index is 4.09. The van der Waals surface area contributed by atoms with Gasteiger partial charge in [0.1, 0.15) is 0 Å². The van der Waals surface area contributed by atoms with Crippen LogP contribution in [0.5, 0.6) is 0 Å². The largest absolute Gasteiger partial charge is 0.319 e. The Morgan fingerprint density at radius 2 is 2.27 bits per heavy atom. The highest BCUT2D eigenvalue weighted by atomic mass is 32.2. The molecule has 84 valence electrons. The van der Waals surface area contributed by atoms with Gasteiger partial charge in [0.2, 0.25) is 5.16 Å². The van der Waals surface area contributed by atoms with Gasteiger partial charge in [-0.05, 0) is 30.3 Å². The molecule has 1 aliphatic rings. The molecular weight excluding hydrogens is 210 g/mol. The van der Waals surface area contributed by atoms with Crippen molar-refractivity contribution in [2.45, 2.75) is 36.9 Å². The third kappa shape index (κ3) is 2.69. The summed E-state index contributed by atoms with van der Waals surface area (Å²) in [4.78, 5) is 0. The van der Waals surface area contributed by atoms with Crippen molar-refractivity contribution in [3.8, 4) is 0 Å². The molecule has 0 radical (unpaired) electrons. The van der Waals surface area contributed by atoms with Gasteiger partial charge >= 0.3 is 0 Å². The highest BCUT2D eigenvalue weighted by molar-refractivity contribution is 7.99. The molecule has 15 heavy (non-hydrogen) atoms. The van der Waals surface area contributed by atoms with Crippen molar-refractivity contribution in [2.75, 3.05) is 19.3 Å². The van der Waals surface area contributed by atoms with E-state index >= 15 is 0 Å². The quantitative estimate of drug-likeness (QED) is 0.603. The summed E-state index contributed by atoms with van der Waals surface area (Å²) in [5.41, 5.74) is 0.